The van der Waals surface area contributed by atoms with Crippen molar-refractivity contribution >= 4 is 37.0 Å². The summed E-state index contributed by atoms with van der Waals surface area (Å²) in [6.45, 7) is 2.26. The molecule has 0 N–H and O–H groups in total. The van der Waals surface area contributed by atoms with E-state index in [1.165, 1.54) is 63.2 Å². The summed E-state index contributed by atoms with van der Waals surface area (Å²) in [6.07, 6.45) is 13.3. The highest BCUT2D eigenvalue weighted by molar-refractivity contribution is 7.17. The Morgan fingerprint density at radius 3 is 1.62 bits per heavy atom. The van der Waals surface area contributed by atoms with Gasteiger partial charge in [-0.2, -0.15) is 0 Å². The fraction of sp³-hybridized carbons (Fsp3) is 1.00. The maximum atomic E-state index is 2.83. The number of hydrogen-bond donors (Lipinski definition) is 0. The van der Waals surface area contributed by atoms with Gasteiger partial charge in [-0.25, -0.2) is 0 Å². The van der Waals surface area contributed by atoms with Gasteiger partial charge in [-0.05, 0) is 49.8 Å². The number of rotatable bonds is 9. The molecule has 0 aromatic rings. The van der Waals surface area contributed by atoms with E-state index in [1.54, 1.807) is 0 Å². The first-order valence-electron chi connectivity index (χ1n) is 6.56. The summed E-state index contributed by atoms with van der Waals surface area (Å²) in [4.78, 5) is 0. The fourth-order valence-electron chi connectivity index (χ4n) is 1.49. The fourth-order valence-corrected chi connectivity index (χ4v) is 3.01. The molecule has 0 bridgehead atoms. The molecule has 0 fully saturated rings. The van der Waals surface area contributed by atoms with Crippen molar-refractivity contribution in [3.05, 3.63) is 0 Å². The Labute approximate surface area is 113 Å². The van der Waals surface area contributed by atoms with Crippen LogP contribution in [-0.2, 0) is 0 Å². The van der Waals surface area contributed by atoms with Crippen LogP contribution in [0.15, 0.2) is 0 Å². The first kappa shape index (κ1) is 20.0. The third-order valence-corrected chi connectivity index (χ3v) is 4.33. The molecule has 0 saturated heterocycles. The second-order valence-corrected chi connectivity index (χ2v) is 6.31. The predicted octanol–water partition coefficient (Wildman–Crippen LogP) is 4.45. The lowest BCUT2D eigenvalue weighted by atomic mass is 10.0. The summed E-state index contributed by atoms with van der Waals surface area (Å²) in [5.74, 6) is 0.956. The molecule has 0 aromatic carbocycles. The lowest BCUT2D eigenvalue weighted by Gasteiger charge is -2.10. The minimum Gasteiger partial charge on any atom is -0.138 e. The summed E-state index contributed by atoms with van der Waals surface area (Å²) in [6, 6.07) is 0. The van der Waals surface area contributed by atoms with Crippen molar-refractivity contribution in [1.82, 2.24) is 0 Å². The Kier molecular flexibility index (Phi) is 23.9. The van der Waals surface area contributed by atoms with Gasteiger partial charge < -0.3 is 0 Å². The highest BCUT2D eigenvalue weighted by atomic mass is 31.0. The topological polar surface area (TPSA) is 0 Å². The van der Waals surface area contributed by atoms with Crippen molar-refractivity contribution in [3.63, 3.8) is 0 Å². The molecular formula is C12H32P4. The van der Waals surface area contributed by atoms with Crippen LogP contribution in [0.25, 0.3) is 0 Å². The average Bonchev–Trinajstić information content (AvgIpc) is 2.30. The van der Waals surface area contributed by atoms with Crippen molar-refractivity contribution in [1.29, 1.82) is 0 Å². The number of hydrogen-bond acceptors (Lipinski definition) is 0. The van der Waals surface area contributed by atoms with Gasteiger partial charge in [0, 0.05) is 0 Å². The molecule has 100 valence electrons. The molecule has 4 heteroatoms. The van der Waals surface area contributed by atoms with Gasteiger partial charge in [0.25, 0.3) is 0 Å². The van der Waals surface area contributed by atoms with Gasteiger partial charge in [0.2, 0.25) is 0 Å². The predicted molar refractivity (Wildman–Crippen MR) is 95.2 cm³/mol. The van der Waals surface area contributed by atoms with E-state index in [0.717, 1.165) is 5.92 Å². The zero-order valence-corrected chi connectivity index (χ0v) is 15.6. The first-order chi connectivity index (χ1) is 7.76. The van der Waals surface area contributed by atoms with Crippen molar-refractivity contribution in [2.24, 2.45) is 5.92 Å². The largest absolute Gasteiger partial charge is 0.138 e. The van der Waals surface area contributed by atoms with E-state index in [1.807, 2.05) is 0 Å². The van der Waals surface area contributed by atoms with E-state index < -0.39 is 0 Å². The standard InChI is InChI=1S/C7H18P2.C5H14P2/c1-2-3-7(6-9)4-5-8;6-4-2-1-3-5-7/h7H,2-6,8-9H2,1H3;1-7H2. The Hall–Kier alpha value is 1.72. The molecule has 0 nitrogen and oxygen atoms in total. The minimum atomic E-state index is 0.956. The SMILES string of the molecule is CCCC(CP)CCP.PCCCCCP. The van der Waals surface area contributed by atoms with E-state index in [-0.39, 0.29) is 0 Å². The molecule has 5 unspecified atom stereocenters. The molecule has 0 aromatic heterocycles. The number of unbranched alkanes of at least 4 members (excludes halogenated alkanes) is 2. The zero-order valence-electron chi connectivity index (χ0n) is 11.0. The molecule has 5 atom stereocenters. The molecule has 0 aliphatic carbocycles. The summed E-state index contributed by atoms with van der Waals surface area (Å²) in [5, 5.41) is 0. The second-order valence-electron chi connectivity index (χ2n) is 4.11. The van der Waals surface area contributed by atoms with Crippen LogP contribution in [0.2, 0.25) is 0 Å². The van der Waals surface area contributed by atoms with E-state index in [9.17, 15) is 0 Å². The van der Waals surface area contributed by atoms with Crippen molar-refractivity contribution < 1.29 is 0 Å². The molecule has 0 heterocycles. The van der Waals surface area contributed by atoms with Crippen molar-refractivity contribution in [2.45, 2.75) is 45.4 Å². The van der Waals surface area contributed by atoms with E-state index in [0.29, 0.717) is 0 Å². The van der Waals surface area contributed by atoms with Crippen molar-refractivity contribution in [3.8, 4) is 0 Å². The molecule has 0 amide bonds. The van der Waals surface area contributed by atoms with Crippen LogP contribution in [0.4, 0.5) is 0 Å². The van der Waals surface area contributed by atoms with E-state index in [2.05, 4.69) is 43.9 Å². The third kappa shape index (κ3) is 18.1. The average molecular weight is 300 g/mol. The molecule has 0 aliphatic heterocycles. The molecular weight excluding hydrogens is 268 g/mol. The Bertz CT molecular complexity index is 99.2. The molecule has 0 aliphatic rings. The summed E-state index contributed by atoms with van der Waals surface area (Å²) in [7, 11) is 11.1. The minimum absolute atomic E-state index is 0.956. The van der Waals surface area contributed by atoms with Gasteiger partial charge in [0.1, 0.15) is 0 Å². The summed E-state index contributed by atoms with van der Waals surface area (Å²) >= 11 is 0. The molecule has 0 spiro atoms. The summed E-state index contributed by atoms with van der Waals surface area (Å²) in [5.41, 5.74) is 0. The first-order valence-corrected chi connectivity index (χ1v) is 9.83. The van der Waals surface area contributed by atoms with Gasteiger partial charge in [0.05, 0.1) is 0 Å². The monoisotopic (exact) mass is 300 g/mol. The zero-order chi connectivity index (χ0) is 12.6. The Morgan fingerprint density at radius 2 is 1.31 bits per heavy atom. The maximum absolute atomic E-state index is 2.83. The second kappa shape index (κ2) is 19.1. The maximum Gasteiger partial charge on any atom is -0.0353 e. The van der Waals surface area contributed by atoms with Gasteiger partial charge in [-0.3, -0.25) is 0 Å². The van der Waals surface area contributed by atoms with Gasteiger partial charge in [0.15, 0.2) is 0 Å². The van der Waals surface area contributed by atoms with Crippen LogP contribution in [0.1, 0.15) is 45.4 Å². The highest BCUT2D eigenvalue weighted by Gasteiger charge is 2.01. The van der Waals surface area contributed by atoms with Gasteiger partial charge in [-0.15, -0.1) is 37.0 Å². The van der Waals surface area contributed by atoms with Crippen LogP contribution in [0.3, 0.4) is 0 Å². The van der Waals surface area contributed by atoms with Crippen LogP contribution < -0.4 is 0 Å². The molecule has 16 heavy (non-hydrogen) atoms. The molecule has 0 rings (SSSR count). The third-order valence-electron chi connectivity index (χ3n) is 2.51. The smallest absolute Gasteiger partial charge is 0.0353 e. The molecule has 0 saturated carbocycles. The van der Waals surface area contributed by atoms with E-state index >= 15 is 0 Å². The Balaban J connectivity index is 0. The quantitative estimate of drug-likeness (QED) is 0.436. The van der Waals surface area contributed by atoms with Crippen LogP contribution in [0, 0.1) is 5.92 Å². The lowest BCUT2D eigenvalue weighted by molar-refractivity contribution is 0.521. The lowest BCUT2D eigenvalue weighted by Crippen LogP contribution is -2.01. The van der Waals surface area contributed by atoms with Gasteiger partial charge in [-0.1, -0.05) is 26.2 Å². The normalized spacial score (nSPS) is 11.8. The Morgan fingerprint density at radius 1 is 0.750 bits per heavy atom. The van der Waals surface area contributed by atoms with Crippen LogP contribution in [0.5, 0.6) is 0 Å². The van der Waals surface area contributed by atoms with E-state index in [4.69, 9.17) is 0 Å². The van der Waals surface area contributed by atoms with Crippen molar-refractivity contribution in [2.75, 3.05) is 24.6 Å². The highest BCUT2D eigenvalue weighted by Crippen LogP contribution is 2.14. The van der Waals surface area contributed by atoms with Crippen LogP contribution in [-0.4, -0.2) is 24.6 Å². The summed E-state index contributed by atoms with van der Waals surface area (Å²) < 4.78 is 0. The van der Waals surface area contributed by atoms with Crippen LogP contribution >= 0.6 is 37.0 Å². The molecule has 0 radical (unpaired) electrons. The van der Waals surface area contributed by atoms with Gasteiger partial charge >= 0.3 is 0 Å².